The van der Waals surface area contributed by atoms with E-state index in [2.05, 4.69) is 4.98 Å². The number of alkyl halides is 3. The Labute approximate surface area is 114 Å². The van der Waals surface area contributed by atoms with Gasteiger partial charge in [-0.05, 0) is 12.5 Å². The van der Waals surface area contributed by atoms with Gasteiger partial charge in [0.05, 0.1) is 4.90 Å². The number of rotatable bonds is 3. The van der Waals surface area contributed by atoms with Crippen LogP contribution in [0.2, 0.25) is 0 Å². The predicted molar refractivity (Wildman–Crippen MR) is 66.2 cm³/mol. The number of nitrogens with zero attached hydrogens (tertiary/aromatic N) is 1. The standard InChI is InChI=1S/C11H14F3N3O2S/c12-11(13,14)8-1-3-17(4-2-8)20(18,19)10-5-9(6-15)16-7-10/h1,5,7,16H,2-4,6,15H2. The summed E-state index contributed by atoms with van der Waals surface area (Å²) in [6.07, 6.45) is -2.52. The molecule has 112 valence electrons. The molecule has 0 unspecified atom stereocenters. The Bertz CT molecular complexity index is 619. The maximum absolute atomic E-state index is 12.5. The Morgan fingerprint density at radius 2 is 2.10 bits per heavy atom. The molecule has 0 radical (unpaired) electrons. The van der Waals surface area contributed by atoms with E-state index in [9.17, 15) is 21.6 Å². The third-order valence-corrected chi connectivity index (χ3v) is 4.95. The normalized spacial score (nSPS) is 18.1. The van der Waals surface area contributed by atoms with E-state index < -0.39 is 21.8 Å². The fourth-order valence-corrected chi connectivity index (χ4v) is 3.36. The molecular formula is C11H14F3N3O2S. The first-order valence-corrected chi connectivity index (χ1v) is 7.33. The fourth-order valence-electron chi connectivity index (χ4n) is 1.96. The Morgan fingerprint density at radius 3 is 2.55 bits per heavy atom. The number of aromatic nitrogens is 1. The zero-order valence-corrected chi connectivity index (χ0v) is 11.3. The predicted octanol–water partition coefficient (Wildman–Crippen LogP) is 1.36. The molecule has 0 aliphatic carbocycles. The molecule has 1 aromatic rings. The number of aromatic amines is 1. The third-order valence-electron chi connectivity index (χ3n) is 3.11. The number of H-pyrrole nitrogens is 1. The molecule has 20 heavy (non-hydrogen) atoms. The summed E-state index contributed by atoms with van der Waals surface area (Å²) in [4.78, 5) is 2.72. The van der Waals surface area contributed by atoms with Crippen LogP contribution >= 0.6 is 0 Å². The molecule has 3 N–H and O–H groups in total. The molecule has 2 rings (SSSR count). The molecular weight excluding hydrogens is 295 g/mol. The van der Waals surface area contributed by atoms with Gasteiger partial charge in [-0.2, -0.15) is 17.5 Å². The number of nitrogens with two attached hydrogens (primary N) is 1. The van der Waals surface area contributed by atoms with Gasteiger partial charge in [0.1, 0.15) is 0 Å². The Morgan fingerprint density at radius 1 is 1.40 bits per heavy atom. The van der Waals surface area contributed by atoms with Crippen LogP contribution in [-0.4, -0.2) is 37.0 Å². The molecule has 2 heterocycles. The highest BCUT2D eigenvalue weighted by Crippen LogP contribution is 2.31. The van der Waals surface area contributed by atoms with Gasteiger partial charge in [0.15, 0.2) is 0 Å². The van der Waals surface area contributed by atoms with E-state index in [0.29, 0.717) is 5.69 Å². The van der Waals surface area contributed by atoms with E-state index in [0.717, 1.165) is 10.4 Å². The topological polar surface area (TPSA) is 79.2 Å². The summed E-state index contributed by atoms with van der Waals surface area (Å²) >= 11 is 0. The van der Waals surface area contributed by atoms with Crippen LogP contribution in [0.4, 0.5) is 13.2 Å². The molecule has 0 fully saturated rings. The van der Waals surface area contributed by atoms with Crippen molar-refractivity contribution in [3.05, 3.63) is 29.6 Å². The number of halogens is 3. The number of hydrogen-bond acceptors (Lipinski definition) is 3. The van der Waals surface area contributed by atoms with Crippen molar-refractivity contribution < 1.29 is 21.6 Å². The summed E-state index contributed by atoms with van der Waals surface area (Å²) < 4.78 is 62.9. The highest BCUT2D eigenvalue weighted by atomic mass is 32.2. The second-order valence-electron chi connectivity index (χ2n) is 4.40. The summed E-state index contributed by atoms with van der Waals surface area (Å²) in [6.45, 7) is -0.301. The molecule has 5 nitrogen and oxygen atoms in total. The number of sulfonamides is 1. The summed E-state index contributed by atoms with van der Waals surface area (Å²) in [7, 11) is -3.79. The van der Waals surface area contributed by atoms with Gasteiger partial charge in [-0.25, -0.2) is 8.42 Å². The van der Waals surface area contributed by atoms with E-state index in [1.165, 1.54) is 12.3 Å². The minimum atomic E-state index is -4.39. The molecule has 9 heteroatoms. The van der Waals surface area contributed by atoms with Crippen molar-refractivity contribution in [2.24, 2.45) is 5.73 Å². The Balaban J connectivity index is 2.19. The summed E-state index contributed by atoms with van der Waals surface area (Å²) in [5.41, 5.74) is 5.25. The van der Waals surface area contributed by atoms with Crippen LogP contribution in [0.25, 0.3) is 0 Å². The van der Waals surface area contributed by atoms with Gasteiger partial charge in [0.2, 0.25) is 10.0 Å². The zero-order valence-electron chi connectivity index (χ0n) is 10.4. The molecule has 0 bridgehead atoms. The third kappa shape index (κ3) is 2.89. The molecule has 0 atom stereocenters. The van der Waals surface area contributed by atoms with Crippen molar-refractivity contribution in [3.8, 4) is 0 Å². The summed E-state index contributed by atoms with van der Waals surface area (Å²) in [5, 5.41) is 0. The van der Waals surface area contributed by atoms with Crippen molar-refractivity contribution in [2.45, 2.75) is 24.0 Å². The van der Waals surface area contributed by atoms with E-state index in [1.54, 1.807) is 0 Å². The molecule has 1 aliphatic heterocycles. The van der Waals surface area contributed by atoms with Gasteiger partial charge >= 0.3 is 6.18 Å². The molecule has 0 saturated heterocycles. The van der Waals surface area contributed by atoms with Crippen molar-refractivity contribution >= 4 is 10.0 Å². The molecule has 1 aromatic heterocycles. The van der Waals surface area contributed by atoms with Gasteiger partial charge < -0.3 is 10.7 Å². The van der Waals surface area contributed by atoms with E-state index in [4.69, 9.17) is 5.73 Å². The van der Waals surface area contributed by atoms with Crippen molar-refractivity contribution in [2.75, 3.05) is 13.1 Å². The highest BCUT2D eigenvalue weighted by Gasteiger charge is 2.37. The van der Waals surface area contributed by atoms with Crippen LogP contribution in [0.15, 0.2) is 28.8 Å². The molecule has 1 aliphatic rings. The van der Waals surface area contributed by atoms with Gasteiger partial charge in [-0.3, -0.25) is 0 Å². The van der Waals surface area contributed by atoms with Crippen LogP contribution in [0.5, 0.6) is 0 Å². The van der Waals surface area contributed by atoms with Crippen molar-refractivity contribution in [3.63, 3.8) is 0 Å². The molecule has 0 saturated carbocycles. The second-order valence-corrected chi connectivity index (χ2v) is 6.34. The zero-order chi connectivity index (χ0) is 15.0. The first kappa shape index (κ1) is 15.1. The van der Waals surface area contributed by atoms with Crippen LogP contribution in [0, 0.1) is 0 Å². The van der Waals surface area contributed by atoms with Gasteiger partial charge in [-0.1, -0.05) is 6.08 Å². The number of hydrogen-bond donors (Lipinski definition) is 2. The van der Waals surface area contributed by atoms with Crippen LogP contribution in [0.3, 0.4) is 0 Å². The Kier molecular flexibility index (Phi) is 3.94. The van der Waals surface area contributed by atoms with E-state index in [1.807, 2.05) is 0 Å². The molecule has 0 amide bonds. The van der Waals surface area contributed by atoms with Crippen LogP contribution < -0.4 is 5.73 Å². The van der Waals surface area contributed by atoms with E-state index >= 15 is 0 Å². The van der Waals surface area contributed by atoms with Crippen molar-refractivity contribution in [1.82, 2.24) is 9.29 Å². The molecule has 0 aromatic carbocycles. The maximum atomic E-state index is 12.5. The Hall–Kier alpha value is -1.32. The molecule has 0 spiro atoms. The minimum Gasteiger partial charge on any atom is -0.363 e. The van der Waals surface area contributed by atoms with Crippen molar-refractivity contribution in [1.29, 1.82) is 0 Å². The highest BCUT2D eigenvalue weighted by molar-refractivity contribution is 7.89. The first-order chi connectivity index (χ1) is 9.25. The smallest absolute Gasteiger partial charge is 0.363 e. The monoisotopic (exact) mass is 309 g/mol. The van der Waals surface area contributed by atoms with E-state index in [-0.39, 0.29) is 31.0 Å². The van der Waals surface area contributed by atoms with Gasteiger partial charge in [-0.15, -0.1) is 0 Å². The average Bonchev–Trinajstić information content (AvgIpc) is 2.87. The lowest BCUT2D eigenvalue weighted by Gasteiger charge is -2.26. The van der Waals surface area contributed by atoms with Crippen LogP contribution in [-0.2, 0) is 16.6 Å². The quantitative estimate of drug-likeness (QED) is 0.827. The SMILES string of the molecule is NCc1cc(S(=O)(=O)N2CC=C(C(F)(F)F)CC2)c[nH]1. The lowest BCUT2D eigenvalue weighted by Crippen LogP contribution is -2.36. The summed E-state index contributed by atoms with van der Waals surface area (Å²) in [6, 6.07) is 1.39. The largest absolute Gasteiger partial charge is 0.412 e. The average molecular weight is 309 g/mol. The van der Waals surface area contributed by atoms with Gasteiger partial charge in [0.25, 0.3) is 0 Å². The second kappa shape index (κ2) is 5.23. The first-order valence-electron chi connectivity index (χ1n) is 5.89. The lowest BCUT2D eigenvalue weighted by molar-refractivity contribution is -0.0953. The summed E-state index contributed by atoms with van der Waals surface area (Å²) in [5.74, 6) is 0. The maximum Gasteiger partial charge on any atom is 0.412 e. The minimum absolute atomic E-state index is 0.0156. The number of nitrogens with one attached hydrogen (secondary N) is 1. The van der Waals surface area contributed by atoms with Gasteiger partial charge in [0, 0.05) is 37.1 Å². The fraction of sp³-hybridized carbons (Fsp3) is 0.455. The van der Waals surface area contributed by atoms with Crippen LogP contribution in [0.1, 0.15) is 12.1 Å². The lowest BCUT2D eigenvalue weighted by atomic mass is 10.1.